The second-order valence-electron chi connectivity index (χ2n) is 2.86. The summed E-state index contributed by atoms with van der Waals surface area (Å²) in [4.78, 5) is 0. The van der Waals surface area contributed by atoms with Gasteiger partial charge >= 0.3 is 0 Å². The van der Waals surface area contributed by atoms with Gasteiger partial charge in [0.15, 0.2) is 23.3 Å². The first-order valence-corrected chi connectivity index (χ1v) is 3.95. The van der Waals surface area contributed by atoms with Crippen molar-refractivity contribution >= 4 is 0 Å². The molecule has 1 rings (SSSR count). The molecule has 84 valence electrons. The van der Waals surface area contributed by atoms with Crippen LogP contribution in [0.25, 0.3) is 0 Å². The third-order valence-corrected chi connectivity index (χ3v) is 2.00. The summed E-state index contributed by atoms with van der Waals surface area (Å²) in [5, 5.41) is 0. The number of halogens is 5. The summed E-state index contributed by atoms with van der Waals surface area (Å²) >= 11 is 0. The molecule has 0 unspecified atom stereocenters. The van der Waals surface area contributed by atoms with Crippen LogP contribution in [-0.2, 0) is 4.74 Å². The van der Waals surface area contributed by atoms with E-state index in [4.69, 9.17) is 0 Å². The molecule has 6 heteroatoms. The molecule has 0 spiro atoms. The summed E-state index contributed by atoms with van der Waals surface area (Å²) in [6, 6.07) is 0. The summed E-state index contributed by atoms with van der Waals surface area (Å²) in [6.07, 6.45) is -1.21. The number of hydrogen-bond acceptors (Lipinski definition) is 1. The Kier molecular flexibility index (Phi) is 3.28. The fourth-order valence-corrected chi connectivity index (χ4v) is 1.10. The Hall–Kier alpha value is -1.17. The minimum atomic E-state index is -2.17. The van der Waals surface area contributed by atoms with E-state index in [0.29, 0.717) is 0 Å². The van der Waals surface area contributed by atoms with Gasteiger partial charge in [-0.15, -0.1) is 0 Å². The van der Waals surface area contributed by atoms with Gasteiger partial charge in [0.25, 0.3) is 0 Å². The van der Waals surface area contributed by atoms with Crippen LogP contribution in [-0.4, -0.2) is 7.11 Å². The van der Waals surface area contributed by atoms with Crippen molar-refractivity contribution in [1.82, 2.24) is 0 Å². The van der Waals surface area contributed by atoms with E-state index in [1.807, 2.05) is 0 Å². The highest BCUT2D eigenvalue weighted by atomic mass is 19.2. The molecule has 0 aromatic heterocycles. The first-order valence-electron chi connectivity index (χ1n) is 3.95. The number of methoxy groups -OCH3 is 1. The zero-order chi connectivity index (χ0) is 11.7. The van der Waals surface area contributed by atoms with Crippen LogP contribution in [0.15, 0.2) is 0 Å². The molecule has 0 radical (unpaired) electrons. The lowest BCUT2D eigenvalue weighted by atomic mass is 10.1. The molecular weight excluding hydrogens is 221 g/mol. The lowest BCUT2D eigenvalue weighted by Crippen LogP contribution is -2.10. The quantitative estimate of drug-likeness (QED) is 0.327. The molecule has 0 saturated heterocycles. The lowest BCUT2D eigenvalue weighted by molar-refractivity contribution is 0.110. The Morgan fingerprint density at radius 3 is 1.47 bits per heavy atom. The van der Waals surface area contributed by atoms with Gasteiger partial charge < -0.3 is 4.74 Å². The van der Waals surface area contributed by atoms with E-state index in [1.54, 1.807) is 0 Å². The molecule has 1 nitrogen and oxygen atoms in total. The molecule has 0 fully saturated rings. The van der Waals surface area contributed by atoms with Crippen LogP contribution in [0.5, 0.6) is 0 Å². The van der Waals surface area contributed by atoms with Gasteiger partial charge in [-0.2, -0.15) is 0 Å². The van der Waals surface area contributed by atoms with Crippen LogP contribution in [0, 0.1) is 29.1 Å². The molecule has 0 aliphatic rings. The van der Waals surface area contributed by atoms with Gasteiger partial charge in [0.1, 0.15) is 0 Å². The molecule has 0 aliphatic carbocycles. The van der Waals surface area contributed by atoms with Crippen molar-refractivity contribution in [2.75, 3.05) is 7.11 Å². The second kappa shape index (κ2) is 4.14. The summed E-state index contributed by atoms with van der Waals surface area (Å²) in [5.41, 5.74) is -0.964. The molecule has 1 atom stereocenters. The minimum Gasteiger partial charge on any atom is -0.377 e. The van der Waals surface area contributed by atoms with Crippen molar-refractivity contribution in [3.05, 3.63) is 34.6 Å². The van der Waals surface area contributed by atoms with Gasteiger partial charge in [-0.25, -0.2) is 22.0 Å². The normalized spacial score (nSPS) is 13.0. The first-order chi connectivity index (χ1) is 6.91. The van der Waals surface area contributed by atoms with E-state index in [2.05, 4.69) is 4.74 Å². The van der Waals surface area contributed by atoms with Crippen molar-refractivity contribution in [1.29, 1.82) is 0 Å². The fraction of sp³-hybridized carbons (Fsp3) is 0.333. The molecule has 0 aliphatic heterocycles. The molecule has 1 aromatic carbocycles. The highest BCUT2D eigenvalue weighted by Crippen LogP contribution is 2.28. The van der Waals surface area contributed by atoms with Crippen LogP contribution in [0.3, 0.4) is 0 Å². The van der Waals surface area contributed by atoms with Crippen LogP contribution in [0.1, 0.15) is 18.6 Å². The van der Waals surface area contributed by atoms with Crippen LogP contribution < -0.4 is 0 Å². The topological polar surface area (TPSA) is 9.23 Å². The van der Waals surface area contributed by atoms with Crippen molar-refractivity contribution in [3.8, 4) is 0 Å². The largest absolute Gasteiger partial charge is 0.377 e. The van der Waals surface area contributed by atoms with Crippen molar-refractivity contribution < 1.29 is 26.7 Å². The molecule has 0 bridgehead atoms. The van der Waals surface area contributed by atoms with Crippen LogP contribution >= 0.6 is 0 Å². The molecule has 15 heavy (non-hydrogen) atoms. The third-order valence-electron chi connectivity index (χ3n) is 2.00. The van der Waals surface area contributed by atoms with E-state index in [9.17, 15) is 22.0 Å². The summed E-state index contributed by atoms with van der Waals surface area (Å²) < 4.78 is 68.6. The Labute approximate surface area is 82.5 Å². The van der Waals surface area contributed by atoms with Gasteiger partial charge in [0.05, 0.1) is 11.7 Å². The van der Waals surface area contributed by atoms with E-state index >= 15 is 0 Å². The zero-order valence-corrected chi connectivity index (χ0v) is 7.88. The standard InChI is InChI=1S/C9H7F5O/c1-3(15-2)4-5(10)7(12)9(14)8(13)6(4)11/h3H,1-2H3/t3-/m1/s1/i15+2. The number of rotatable bonds is 2. The Bertz CT molecular complexity index is 362. The van der Waals surface area contributed by atoms with Crippen LogP contribution in [0.4, 0.5) is 22.0 Å². The molecular formula is C9H7F5O. The average molecular weight is 228 g/mol. The summed E-state index contributed by atoms with van der Waals surface area (Å²) in [6.45, 7) is 1.18. The maximum Gasteiger partial charge on any atom is 0.200 e. The van der Waals surface area contributed by atoms with Gasteiger partial charge in [-0.05, 0) is 6.92 Å². The Morgan fingerprint density at radius 1 is 0.800 bits per heavy atom. The second-order valence-corrected chi connectivity index (χ2v) is 2.86. The van der Waals surface area contributed by atoms with E-state index in [-0.39, 0.29) is 0 Å². The predicted octanol–water partition coefficient (Wildman–Crippen LogP) is 3.09. The Balaban J connectivity index is 3.52. The molecule has 0 heterocycles. The number of ether oxygens (including phenoxy) is 1. The van der Waals surface area contributed by atoms with Crippen molar-refractivity contribution in [2.45, 2.75) is 13.0 Å². The number of benzene rings is 1. The summed E-state index contributed by atoms with van der Waals surface area (Å²) in [7, 11) is 1.10. The monoisotopic (exact) mass is 228 g/mol. The van der Waals surface area contributed by atoms with Gasteiger partial charge in [0, 0.05) is 7.11 Å². The SMILES string of the molecule is C[18O][C@H](C)c1c(F)c(F)c(F)c(F)c1F. The van der Waals surface area contributed by atoms with Crippen LogP contribution in [0.2, 0.25) is 0 Å². The zero-order valence-electron chi connectivity index (χ0n) is 7.88. The molecule has 1 aromatic rings. The van der Waals surface area contributed by atoms with Gasteiger partial charge in [-0.3, -0.25) is 0 Å². The van der Waals surface area contributed by atoms with Gasteiger partial charge in [-0.1, -0.05) is 0 Å². The lowest BCUT2D eigenvalue weighted by Gasteiger charge is -2.13. The average Bonchev–Trinajstić information content (AvgIpc) is 2.23. The van der Waals surface area contributed by atoms with Crippen molar-refractivity contribution in [2.24, 2.45) is 0 Å². The van der Waals surface area contributed by atoms with E-state index in [0.717, 1.165) is 7.11 Å². The molecule has 0 saturated carbocycles. The van der Waals surface area contributed by atoms with Gasteiger partial charge in [0.2, 0.25) is 5.82 Å². The first kappa shape index (κ1) is 11.9. The fourth-order valence-electron chi connectivity index (χ4n) is 1.10. The number of hydrogen-bond donors (Lipinski definition) is 0. The van der Waals surface area contributed by atoms with E-state index < -0.39 is 40.8 Å². The third kappa shape index (κ3) is 1.81. The molecule has 0 amide bonds. The van der Waals surface area contributed by atoms with Crippen molar-refractivity contribution in [3.63, 3.8) is 0 Å². The maximum absolute atomic E-state index is 13.0. The predicted molar refractivity (Wildman–Crippen MR) is 41.7 cm³/mol. The van der Waals surface area contributed by atoms with E-state index in [1.165, 1.54) is 6.92 Å². The molecule has 0 N–H and O–H groups in total. The Morgan fingerprint density at radius 2 is 1.13 bits per heavy atom. The minimum absolute atomic E-state index is 0.964. The summed E-state index contributed by atoms with van der Waals surface area (Å²) in [5.74, 6) is -9.82. The smallest absolute Gasteiger partial charge is 0.200 e. The highest BCUT2D eigenvalue weighted by molar-refractivity contribution is 5.25. The highest BCUT2D eigenvalue weighted by Gasteiger charge is 2.28. The maximum atomic E-state index is 13.0.